The SMILES string of the molecule is CC1CCC(OP(=O)(O)OC2CCCC(C)C2)CC1. The molecule has 2 rings (SSSR count). The maximum atomic E-state index is 12.0. The molecule has 2 fully saturated rings. The molecule has 0 aromatic rings. The van der Waals surface area contributed by atoms with Gasteiger partial charge in [-0.05, 0) is 50.4 Å². The molecule has 112 valence electrons. The van der Waals surface area contributed by atoms with Crippen LogP contribution in [0.2, 0.25) is 0 Å². The summed E-state index contributed by atoms with van der Waals surface area (Å²) in [5, 5.41) is 0. The molecule has 3 unspecified atom stereocenters. The van der Waals surface area contributed by atoms with Gasteiger partial charge in [0.25, 0.3) is 0 Å². The highest BCUT2D eigenvalue weighted by molar-refractivity contribution is 7.47. The summed E-state index contributed by atoms with van der Waals surface area (Å²) < 4.78 is 22.8. The molecule has 0 amide bonds. The zero-order valence-electron chi connectivity index (χ0n) is 12.1. The fraction of sp³-hybridized carbons (Fsp3) is 1.00. The van der Waals surface area contributed by atoms with Crippen LogP contribution in [0.15, 0.2) is 0 Å². The predicted molar refractivity (Wildman–Crippen MR) is 74.8 cm³/mol. The highest BCUT2D eigenvalue weighted by Crippen LogP contribution is 2.50. The zero-order valence-corrected chi connectivity index (χ0v) is 13.0. The minimum absolute atomic E-state index is 0.104. The van der Waals surface area contributed by atoms with E-state index in [1.807, 2.05) is 0 Å². The first-order valence-corrected chi connectivity index (χ1v) is 9.14. The van der Waals surface area contributed by atoms with Crippen LogP contribution in [0.25, 0.3) is 0 Å². The lowest BCUT2D eigenvalue weighted by Crippen LogP contribution is -2.23. The lowest BCUT2D eigenvalue weighted by atomic mass is 9.89. The fourth-order valence-corrected chi connectivity index (χ4v) is 4.42. The van der Waals surface area contributed by atoms with Crippen molar-refractivity contribution in [3.05, 3.63) is 0 Å². The van der Waals surface area contributed by atoms with E-state index in [4.69, 9.17) is 9.05 Å². The number of phosphoric acid groups is 1. The molecule has 0 aromatic heterocycles. The molecule has 0 saturated heterocycles. The Bertz CT molecular complexity index is 325. The highest BCUT2D eigenvalue weighted by atomic mass is 31.2. The maximum absolute atomic E-state index is 12.0. The zero-order chi connectivity index (χ0) is 13.9. The molecule has 0 heterocycles. The Labute approximate surface area is 116 Å². The molecule has 2 aliphatic carbocycles. The van der Waals surface area contributed by atoms with Crippen LogP contribution in [0.1, 0.15) is 65.2 Å². The van der Waals surface area contributed by atoms with Gasteiger partial charge in [-0.15, -0.1) is 0 Å². The fourth-order valence-electron chi connectivity index (χ4n) is 3.21. The Morgan fingerprint density at radius 1 is 0.895 bits per heavy atom. The van der Waals surface area contributed by atoms with Crippen LogP contribution in [-0.4, -0.2) is 17.1 Å². The van der Waals surface area contributed by atoms with Gasteiger partial charge in [0, 0.05) is 0 Å². The Morgan fingerprint density at radius 3 is 2.16 bits per heavy atom. The molecule has 0 radical (unpaired) electrons. The number of hydrogen-bond acceptors (Lipinski definition) is 3. The van der Waals surface area contributed by atoms with E-state index in [0.29, 0.717) is 11.8 Å². The summed E-state index contributed by atoms with van der Waals surface area (Å²) in [4.78, 5) is 9.88. The van der Waals surface area contributed by atoms with Crippen molar-refractivity contribution >= 4 is 7.82 Å². The average molecular weight is 290 g/mol. The minimum Gasteiger partial charge on any atom is -0.302 e. The number of phosphoric ester groups is 1. The van der Waals surface area contributed by atoms with Gasteiger partial charge in [0.2, 0.25) is 0 Å². The predicted octanol–water partition coefficient (Wildman–Crippen LogP) is 4.28. The van der Waals surface area contributed by atoms with Gasteiger partial charge in [-0.3, -0.25) is 9.05 Å². The van der Waals surface area contributed by atoms with Crippen LogP contribution in [0, 0.1) is 11.8 Å². The van der Waals surface area contributed by atoms with Gasteiger partial charge in [0.05, 0.1) is 12.2 Å². The van der Waals surface area contributed by atoms with E-state index in [-0.39, 0.29) is 12.2 Å². The maximum Gasteiger partial charge on any atom is 0.472 e. The number of rotatable bonds is 4. The van der Waals surface area contributed by atoms with Crippen molar-refractivity contribution in [1.82, 2.24) is 0 Å². The summed E-state index contributed by atoms with van der Waals surface area (Å²) in [5.74, 6) is 1.28. The molecule has 5 heteroatoms. The van der Waals surface area contributed by atoms with Crippen LogP contribution in [0.3, 0.4) is 0 Å². The van der Waals surface area contributed by atoms with Gasteiger partial charge < -0.3 is 4.89 Å². The van der Waals surface area contributed by atoms with Crippen molar-refractivity contribution in [3.63, 3.8) is 0 Å². The largest absolute Gasteiger partial charge is 0.472 e. The third-order valence-corrected chi connectivity index (χ3v) is 5.54. The van der Waals surface area contributed by atoms with E-state index in [1.54, 1.807) is 0 Å². The smallest absolute Gasteiger partial charge is 0.302 e. The van der Waals surface area contributed by atoms with E-state index < -0.39 is 7.82 Å². The van der Waals surface area contributed by atoms with Crippen molar-refractivity contribution in [1.29, 1.82) is 0 Å². The molecule has 0 bridgehead atoms. The molecule has 4 nitrogen and oxygen atoms in total. The second-order valence-corrected chi connectivity index (χ2v) is 7.81. The number of hydrogen-bond donors (Lipinski definition) is 1. The van der Waals surface area contributed by atoms with E-state index in [9.17, 15) is 9.46 Å². The van der Waals surface area contributed by atoms with Gasteiger partial charge in [0.15, 0.2) is 0 Å². The standard InChI is InChI=1S/C14H27O4P/c1-11-6-8-13(9-7-11)17-19(15,16)18-14-5-3-4-12(2)10-14/h11-14H,3-10H2,1-2H3,(H,15,16). The third-order valence-electron chi connectivity index (χ3n) is 4.42. The van der Waals surface area contributed by atoms with E-state index in [0.717, 1.165) is 44.9 Å². The van der Waals surface area contributed by atoms with E-state index in [1.165, 1.54) is 6.42 Å². The van der Waals surface area contributed by atoms with Crippen molar-refractivity contribution in [2.45, 2.75) is 77.4 Å². The molecule has 1 N–H and O–H groups in total. The van der Waals surface area contributed by atoms with Gasteiger partial charge in [-0.1, -0.05) is 26.7 Å². The molecular weight excluding hydrogens is 263 g/mol. The molecule has 2 aliphatic rings. The van der Waals surface area contributed by atoms with Gasteiger partial charge in [-0.2, -0.15) is 0 Å². The first-order chi connectivity index (χ1) is 8.94. The summed E-state index contributed by atoms with van der Waals surface area (Å²) in [5.41, 5.74) is 0. The van der Waals surface area contributed by atoms with Gasteiger partial charge >= 0.3 is 7.82 Å². The second kappa shape index (κ2) is 6.71. The molecule has 3 atom stereocenters. The summed E-state index contributed by atoms with van der Waals surface area (Å²) in [6.07, 6.45) is 7.69. The molecule has 2 saturated carbocycles. The Balaban J connectivity index is 1.79. The highest BCUT2D eigenvalue weighted by Gasteiger charge is 2.33. The van der Waals surface area contributed by atoms with Crippen LogP contribution in [0.4, 0.5) is 0 Å². The van der Waals surface area contributed by atoms with Gasteiger partial charge in [0.1, 0.15) is 0 Å². The van der Waals surface area contributed by atoms with Crippen LogP contribution in [-0.2, 0) is 13.6 Å². The first kappa shape index (κ1) is 15.5. The van der Waals surface area contributed by atoms with E-state index in [2.05, 4.69) is 13.8 Å². The van der Waals surface area contributed by atoms with Gasteiger partial charge in [-0.25, -0.2) is 4.57 Å². The summed E-state index contributed by atoms with van der Waals surface area (Å²) >= 11 is 0. The van der Waals surface area contributed by atoms with Crippen LogP contribution < -0.4 is 0 Å². The third kappa shape index (κ3) is 5.18. The van der Waals surface area contributed by atoms with Crippen molar-refractivity contribution in [2.24, 2.45) is 11.8 Å². The summed E-state index contributed by atoms with van der Waals surface area (Å²) in [6, 6.07) is 0. The lowest BCUT2D eigenvalue weighted by molar-refractivity contribution is 0.0361. The Kier molecular flexibility index (Phi) is 5.47. The van der Waals surface area contributed by atoms with Crippen molar-refractivity contribution in [2.75, 3.05) is 0 Å². The molecule has 0 spiro atoms. The summed E-state index contributed by atoms with van der Waals surface area (Å²) in [7, 11) is -3.88. The van der Waals surface area contributed by atoms with Crippen LogP contribution in [0.5, 0.6) is 0 Å². The van der Waals surface area contributed by atoms with Crippen LogP contribution >= 0.6 is 7.82 Å². The molecule has 19 heavy (non-hydrogen) atoms. The first-order valence-electron chi connectivity index (χ1n) is 7.64. The quantitative estimate of drug-likeness (QED) is 0.785. The van der Waals surface area contributed by atoms with E-state index >= 15 is 0 Å². The second-order valence-electron chi connectivity index (χ2n) is 6.46. The van der Waals surface area contributed by atoms with Crippen molar-refractivity contribution < 1.29 is 18.5 Å². The Hall–Kier alpha value is 0.110. The molecular formula is C14H27O4P. The monoisotopic (exact) mass is 290 g/mol. The topological polar surface area (TPSA) is 55.8 Å². The minimum atomic E-state index is -3.88. The lowest BCUT2D eigenvalue weighted by Gasteiger charge is -2.31. The van der Waals surface area contributed by atoms with Crippen molar-refractivity contribution in [3.8, 4) is 0 Å². The molecule has 0 aromatic carbocycles. The molecule has 0 aliphatic heterocycles. The Morgan fingerprint density at radius 2 is 1.53 bits per heavy atom. The summed E-state index contributed by atoms with van der Waals surface area (Å²) in [6.45, 7) is 4.38. The normalized spacial score (nSPS) is 39.7. The average Bonchev–Trinajstić information content (AvgIpc) is 2.31.